The van der Waals surface area contributed by atoms with Crippen LogP contribution in [0.5, 0.6) is 0 Å². The fourth-order valence-corrected chi connectivity index (χ4v) is 3.85. The Labute approximate surface area is 193 Å². The average molecular weight is 524 g/mol. The zero-order chi connectivity index (χ0) is 19.9. The number of hydrogen-bond donors (Lipinski definition) is 2. The van der Waals surface area contributed by atoms with Gasteiger partial charge in [-0.15, -0.1) is 35.3 Å². The minimum absolute atomic E-state index is 0. The van der Waals surface area contributed by atoms with Gasteiger partial charge in [-0.1, -0.05) is 25.1 Å². The summed E-state index contributed by atoms with van der Waals surface area (Å²) in [5.41, 5.74) is 5.54. The summed E-state index contributed by atoms with van der Waals surface area (Å²) in [7, 11) is 1.79. The lowest BCUT2D eigenvalue weighted by Gasteiger charge is -2.15. The molecule has 0 unspecified atom stereocenters. The molecule has 1 aromatic carbocycles. The van der Waals surface area contributed by atoms with E-state index in [-0.39, 0.29) is 24.0 Å². The second kappa shape index (κ2) is 11.3. The van der Waals surface area contributed by atoms with Crippen LogP contribution in [-0.2, 0) is 19.4 Å². The van der Waals surface area contributed by atoms with Crippen molar-refractivity contribution in [1.29, 1.82) is 0 Å². The Bertz CT molecular complexity index is 946. The zero-order valence-corrected chi connectivity index (χ0v) is 20.5. The summed E-state index contributed by atoms with van der Waals surface area (Å²) in [5, 5.41) is 14.7. The van der Waals surface area contributed by atoms with E-state index < -0.39 is 0 Å². The molecule has 3 rings (SSSR count). The predicted octanol–water partition coefficient (Wildman–Crippen LogP) is 4.03. The number of aromatic nitrogens is 3. The van der Waals surface area contributed by atoms with Gasteiger partial charge in [-0.3, -0.25) is 4.99 Å². The van der Waals surface area contributed by atoms with Crippen LogP contribution in [0.2, 0.25) is 0 Å². The van der Waals surface area contributed by atoms with Gasteiger partial charge in [0, 0.05) is 37.6 Å². The quantitative estimate of drug-likeness (QED) is 0.278. The highest BCUT2D eigenvalue weighted by Crippen LogP contribution is 2.17. The number of aryl methyl sites for hydroxylation is 3. The molecule has 0 aliphatic carbocycles. The van der Waals surface area contributed by atoms with Crippen LogP contribution in [0.1, 0.15) is 34.6 Å². The highest BCUT2D eigenvalue weighted by atomic mass is 127. The van der Waals surface area contributed by atoms with Crippen molar-refractivity contribution >= 4 is 41.3 Å². The number of nitrogens with zero attached hydrogens (tertiary/aromatic N) is 4. The molecule has 2 heterocycles. The third-order valence-corrected chi connectivity index (χ3v) is 5.52. The zero-order valence-electron chi connectivity index (χ0n) is 17.4. The van der Waals surface area contributed by atoms with Gasteiger partial charge in [0.15, 0.2) is 5.96 Å². The molecule has 0 radical (unpaired) electrons. The van der Waals surface area contributed by atoms with Crippen LogP contribution in [0.3, 0.4) is 0 Å². The lowest BCUT2D eigenvalue weighted by atomic mass is 10.1. The molecule has 156 valence electrons. The lowest BCUT2D eigenvalue weighted by molar-refractivity contribution is 0.770. The number of halogens is 1. The topological polar surface area (TPSA) is 67.1 Å². The minimum atomic E-state index is 0. The van der Waals surface area contributed by atoms with E-state index >= 15 is 0 Å². The first-order valence-electron chi connectivity index (χ1n) is 9.60. The lowest BCUT2D eigenvalue weighted by Crippen LogP contribution is -2.38. The third kappa shape index (κ3) is 6.27. The standard InChI is InChI=1S/C21H28N6S.HI/c1-5-20-25-18(14-28-20)10-11-23-21(22-4)24-13-17-8-6-7-9-19(17)27-16(3)12-15(2)26-27;/h6-9,12,14H,5,10-11,13H2,1-4H3,(H2,22,23,24);1H. The van der Waals surface area contributed by atoms with Crippen LogP contribution in [-0.4, -0.2) is 34.3 Å². The molecule has 6 nitrogen and oxygen atoms in total. The molecule has 0 amide bonds. The highest BCUT2D eigenvalue weighted by Gasteiger charge is 2.09. The first-order valence-corrected chi connectivity index (χ1v) is 10.5. The molecule has 3 aromatic rings. The Hall–Kier alpha value is -1.94. The van der Waals surface area contributed by atoms with E-state index in [4.69, 9.17) is 0 Å². The summed E-state index contributed by atoms with van der Waals surface area (Å²) in [4.78, 5) is 8.94. The molecule has 0 aliphatic rings. The van der Waals surface area contributed by atoms with Crippen molar-refractivity contribution in [1.82, 2.24) is 25.4 Å². The van der Waals surface area contributed by atoms with Gasteiger partial charge in [0.1, 0.15) is 0 Å². The summed E-state index contributed by atoms with van der Waals surface area (Å²) in [5.74, 6) is 0.786. The Balaban J connectivity index is 0.00000300. The smallest absolute Gasteiger partial charge is 0.191 e. The van der Waals surface area contributed by atoms with Crippen molar-refractivity contribution in [2.45, 2.75) is 40.2 Å². The van der Waals surface area contributed by atoms with Crippen LogP contribution in [0.4, 0.5) is 0 Å². The SMILES string of the molecule is CCc1nc(CCNC(=NC)NCc2ccccc2-n2nc(C)cc2C)cs1.I. The monoisotopic (exact) mass is 524 g/mol. The van der Waals surface area contributed by atoms with Gasteiger partial charge >= 0.3 is 0 Å². The van der Waals surface area contributed by atoms with Gasteiger partial charge < -0.3 is 10.6 Å². The fraction of sp³-hybridized carbons (Fsp3) is 0.381. The van der Waals surface area contributed by atoms with Gasteiger partial charge in [-0.2, -0.15) is 5.10 Å². The first kappa shape index (κ1) is 23.3. The van der Waals surface area contributed by atoms with Crippen LogP contribution >= 0.6 is 35.3 Å². The van der Waals surface area contributed by atoms with E-state index in [2.05, 4.69) is 69.2 Å². The normalized spacial score (nSPS) is 11.2. The molecule has 0 spiro atoms. The maximum absolute atomic E-state index is 4.62. The molecule has 0 aliphatic heterocycles. The molecule has 29 heavy (non-hydrogen) atoms. The van der Waals surface area contributed by atoms with Crippen LogP contribution in [0.15, 0.2) is 40.7 Å². The Morgan fingerprint density at radius 1 is 1.21 bits per heavy atom. The van der Waals surface area contributed by atoms with E-state index in [9.17, 15) is 0 Å². The maximum Gasteiger partial charge on any atom is 0.191 e. The van der Waals surface area contributed by atoms with E-state index in [0.29, 0.717) is 6.54 Å². The van der Waals surface area contributed by atoms with Crippen LogP contribution in [0.25, 0.3) is 5.69 Å². The number of nitrogens with one attached hydrogen (secondary N) is 2. The van der Waals surface area contributed by atoms with Crippen LogP contribution < -0.4 is 10.6 Å². The molecule has 2 aromatic heterocycles. The Kier molecular flexibility index (Phi) is 9.09. The van der Waals surface area contributed by atoms with E-state index in [1.807, 2.05) is 17.7 Å². The van der Waals surface area contributed by atoms with Crippen molar-refractivity contribution in [2.75, 3.05) is 13.6 Å². The molecule has 0 saturated carbocycles. The summed E-state index contributed by atoms with van der Waals surface area (Å²) in [6.07, 6.45) is 1.88. The fourth-order valence-electron chi connectivity index (χ4n) is 3.07. The molecular formula is C21H29IN6S. The molecule has 8 heteroatoms. The molecule has 2 N–H and O–H groups in total. The van der Waals surface area contributed by atoms with Crippen LogP contribution in [0, 0.1) is 13.8 Å². The molecule has 0 atom stereocenters. The van der Waals surface area contributed by atoms with Gasteiger partial charge in [-0.25, -0.2) is 9.67 Å². The number of rotatable bonds is 7. The van der Waals surface area contributed by atoms with Gasteiger partial charge in [0.25, 0.3) is 0 Å². The first-order chi connectivity index (χ1) is 13.6. The van der Waals surface area contributed by atoms with Gasteiger partial charge in [0.05, 0.1) is 22.1 Å². The second-order valence-electron chi connectivity index (χ2n) is 6.66. The number of guanidine groups is 1. The van der Waals surface area contributed by atoms with Gasteiger partial charge in [-0.05, 0) is 38.0 Å². The summed E-state index contributed by atoms with van der Waals surface area (Å²) in [6, 6.07) is 10.4. The van der Waals surface area contributed by atoms with Gasteiger partial charge in [0.2, 0.25) is 0 Å². The van der Waals surface area contributed by atoms with Crippen molar-refractivity contribution < 1.29 is 0 Å². The summed E-state index contributed by atoms with van der Waals surface area (Å²) >= 11 is 1.73. The number of aliphatic imine (C=N–C) groups is 1. The molecule has 0 saturated heterocycles. The molecule has 0 bridgehead atoms. The van der Waals surface area contributed by atoms with E-state index in [1.165, 1.54) is 10.6 Å². The summed E-state index contributed by atoms with van der Waals surface area (Å²) in [6.45, 7) is 7.70. The van der Waals surface area contributed by atoms with E-state index in [1.54, 1.807) is 18.4 Å². The van der Waals surface area contributed by atoms with Crippen molar-refractivity contribution in [2.24, 2.45) is 4.99 Å². The Morgan fingerprint density at radius 3 is 2.66 bits per heavy atom. The number of benzene rings is 1. The van der Waals surface area contributed by atoms with E-state index in [0.717, 1.165) is 48.1 Å². The molecular weight excluding hydrogens is 495 g/mol. The van der Waals surface area contributed by atoms with Crippen molar-refractivity contribution in [3.05, 3.63) is 63.4 Å². The summed E-state index contributed by atoms with van der Waals surface area (Å²) < 4.78 is 2.00. The van der Waals surface area contributed by atoms with Crippen molar-refractivity contribution in [3.8, 4) is 5.69 Å². The Morgan fingerprint density at radius 2 is 2.00 bits per heavy atom. The average Bonchev–Trinajstić information content (AvgIpc) is 3.30. The minimum Gasteiger partial charge on any atom is -0.356 e. The second-order valence-corrected chi connectivity index (χ2v) is 7.60. The largest absolute Gasteiger partial charge is 0.356 e. The number of thiazole rings is 1. The number of para-hydroxylation sites is 1. The number of hydrogen-bond acceptors (Lipinski definition) is 4. The highest BCUT2D eigenvalue weighted by molar-refractivity contribution is 14.0. The molecule has 0 fully saturated rings. The maximum atomic E-state index is 4.62. The van der Waals surface area contributed by atoms with Crippen molar-refractivity contribution in [3.63, 3.8) is 0 Å². The predicted molar refractivity (Wildman–Crippen MR) is 132 cm³/mol. The third-order valence-electron chi connectivity index (χ3n) is 4.47.